The molecule has 0 spiro atoms. The zero-order valence-electron chi connectivity index (χ0n) is 12.8. The Bertz CT molecular complexity index is 644. The van der Waals surface area contributed by atoms with E-state index in [1.807, 2.05) is 27.0 Å². The second-order valence-corrected chi connectivity index (χ2v) is 6.18. The summed E-state index contributed by atoms with van der Waals surface area (Å²) in [7, 11) is 0. The number of aromatic nitrogens is 2. The quantitative estimate of drug-likeness (QED) is 0.870. The van der Waals surface area contributed by atoms with E-state index in [0.717, 1.165) is 17.1 Å². The molecule has 22 heavy (non-hydrogen) atoms. The minimum Gasteiger partial charge on any atom is -0.387 e. The lowest BCUT2D eigenvalue weighted by Gasteiger charge is -2.19. The molecule has 0 radical (unpaired) electrons. The standard InChI is InChI=1S/C16H19Cl2N3O/c1-9(15-7-20-11(3)21-10(15)2)19-8-16(22)12-4-13(17)6-14(18)5-12/h4-7,9,16,19,22H,8H2,1-3H3. The molecule has 6 heteroatoms. The number of aliphatic hydroxyl groups excluding tert-OH is 1. The normalized spacial score (nSPS) is 13.9. The number of rotatable bonds is 5. The van der Waals surface area contributed by atoms with E-state index in [2.05, 4.69) is 15.3 Å². The molecule has 1 heterocycles. The Morgan fingerprint density at radius 3 is 2.41 bits per heavy atom. The highest BCUT2D eigenvalue weighted by molar-refractivity contribution is 6.34. The second kappa shape index (κ2) is 7.38. The van der Waals surface area contributed by atoms with Crippen LogP contribution in [0.1, 0.15) is 41.7 Å². The zero-order valence-corrected chi connectivity index (χ0v) is 14.3. The number of aliphatic hydroxyl groups is 1. The van der Waals surface area contributed by atoms with Crippen LogP contribution in [0.15, 0.2) is 24.4 Å². The van der Waals surface area contributed by atoms with E-state index in [-0.39, 0.29) is 6.04 Å². The van der Waals surface area contributed by atoms with Crippen LogP contribution in [-0.2, 0) is 0 Å². The molecule has 0 aliphatic carbocycles. The molecule has 1 aromatic heterocycles. The molecule has 118 valence electrons. The molecule has 0 aliphatic heterocycles. The average Bonchev–Trinajstić information content (AvgIpc) is 2.43. The molecule has 4 nitrogen and oxygen atoms in total. The number of benzene rings is 1. The van der Waals surface area contributed by atoms with Crippen molar-refractivity contribution >= 4 is 23.2 Å². The van der Waals surface area contributed by atoms with Crippen LogP contribution in [0.3, 0.4) is 0 Å². The van der Waals surface area contributed by atoms with Crippen molar-refractivity contribution in [3.8, 4) is 0 Å². The van der Waals surface area contributed by atoms with E-state index in [1.54, 1.807) is 18.2 Å². The molecule has 0 bridgehead atoms. The molecule has 0 saturated heterocycles. The van der Waals surface area contributed by atoms with Gasteiger partial charge in [0.1, 0.15) is 5.82 Å². The van der Waals surface area contributed by atoms with Crippen LogP contribution in [0, 0.1) is 13.8 Å². The van der Waals surface area contributed by atoms with E-state index in [0.29, 0.717) is 22.2 Å². The number of halogens is 2. The summed E-state index contributed by atoms with van der Waals surface area (Å²) in [5.74, 6) is 0.752. The molecule has 2 atom stereocenters. The van der Waals surface area contributed by atoms with Crippen LogP contribution in [0.2, 0.25) is 10.0 Å². The van der Waals surface area contributed by atoms with Gasteiger partial charge in [0.25, 0.3) is 0 Å². The number of hydrogen-bond acceptors (Lipinski definition) is 4. The maximum absolute atomic E-state index is 10.3. The largest absolute Gasteiger partial charge is 0.387 e. The first kappa shape index (κ1) is 17.2. The summed E-state index contributed by atoms with van der Waals surface area (Å²) in [5, 5.41) is 14.6. The van der Waals surface area contributed by atoms with E-state index >= 15 is 0 Å². The molecule has 2 rings (SSSR count). The molecule has 2 N–H and O–H groups in total. The van der Waals surface area contributed by atoms with Gasteiger partial charge >= 0.3 is 0 Å². The van der Waals surface area contributed by atoms with Gasteiger partial charge in [0.05, 0.1) is 6.10 Å². The summed E-state index contributed by atoms with van der Waals surface area (Å²) >= 11 is 11.9. The van der Waals surface area contributed by atoms with Crippen molar-refractivity contribution in [2.24, 2.45) is 0 Å². The topological polar surface area (TPSA) is 58.0 Å². The van der Waals surface area contributed by atoms with Crippen molar-refractivity contribution < 1.29 is 5.11 Å². The van der Waals surface area contributed by atoms with Gasteiger partial charge in [0, 0.05) is 40.1 Å². The third-order valence-electron chi connectivity index (χ3n) is 3.49. The zero-order chi connectivity index (χ0) is 16.3. The van der Waals surface area contributed by atoms with Gasteiger partial charge in [-0.05, 0) is 44.5 Å². The van der Waals surface area contributed by atoms with Crippen molar-refractivity contribution in [3.63, 3.8) is 0 Å². The number of nitrogens with one attached hydrogen (secondary N) is 1. The van der Waals surface area contributed by atoms with Crippen molar-refractivity contribution in [1.29, 1.82) is 0 Å². The first-order chi connectivity index (χ1) is 10.4. The molecule has 0 fully saturated rings. The number of nitrogens with zero attached hydrogens (tertiary/aromatic N) is 2. The van der Waals surface area contributed by atoms with Gasteiger partial charge < -0.3 is 10.4 Å². The fourth-order valence-corrected chi connectivity index (χ4v) is 2.84. The molecule has 1 aromatic carbocycles. The van der Waals surface area contributed by atoms with E-state index in [9.17, 15) is 5.11 Å². The highest BCUT2D eigenvalue weighted by Crippen LogP contribution is 2.24. The predicted molar refractivity (Wildman–Crippen MR) is 89.3 cm³/mol. The third-order valence-corrected chi connectivity index (χ3v) is 3.93. The molecule has 2 aromatic rings. The van der Waals surface area contributed by atoms with Crippen LogP contribution in [-0.4, -0.2) is 21.6 Å². The summed E-state index contributed by atoms with van der Waals surface area (Å²) in [6.07, 6.45) is 1.13. The first-order valence-corrected chi connectivity index (χ1v) is 7.80. The van der Waals surface area contributed by atoms with Crippen molar-refractivity contribution in [2.75, 3.05) is 6.54 Å². The summed E-state index contributed by atoms with van der Waals surface area (Å²) in [4.78, 5) is 8.58. The van der Waals surface area contributed by atoms with Gasteiger partial charge in [-0.15, -0.1) is 0 Å². The predicted octanol–water partition coefficient (Wildman–Crippen LogP) is 3.78. The fourth-order valence-electron chi connectivity index (χ4n) is 2.30. The molecular formula is C16H19Cl2N3O. The lowest BCUT2D eigenvalue weighted by Crippen LogP contribution is -2.25. The van der Waals surface area contributed by atoms with Gasteiger partial charge in [0.2, 0.25) is 0 Å². The highest BCUT2D eigenvalue weighted by atomic mass is 35.5. The number of hydrogen-bond donors (Lipinski definition) is 2. The second-order valence-electron chi connectivity index (χ2n) is 5.31. The molecule has 0 saturated carbocycles. The molecule has 0 aliphatic rings. The summed E-state index contributed by atoms with van der Waals surface area (Å²) in [6, 6.07) is 5.10. The SMILES string of the molecule is Cc1ncc(C(C)NCC(O)c2cc(Cl)cc(Cl)c2)c(C)n1. The lowest BCUT2D eigenvalue weighted by atomic mass is 10.1. The highest BCUT2D eigenvalue weighted by Gasteiger charge is 2.14. The van der Waals surface area contributed by atoms with Gasteiger partial charge in [-0.25, -0.2) is 9.97 Å². The van der Waals surface area contributed by atoms with E-state index in [4.69, 9.17) is 23.2 Å². The van der Waals surface area contributed by atoms with Gasteiger partial charge in [-0.2, -0.15) is 0 Å². The maximum atomic E-state index is 10.3. The minimum absolute atomic E-state index is 0.0323. The molecule has 0 amide bonds. The van der Waals surface area contributed by atoms with Crippen LogP contribution < -0.4 is 5.32 Å². The minimum atomic E-state index is -0.690. The Kier molecular flexibility index (Phi) is 5.75. The van der Waals surface area contributed by atoms with Crippen molar-refractivity contribution in [1.82, 2.24) is 15.3 Å². The van der Waals surface area contributed by atoms with Crippen molar-refractivity contribution in [2.45, 2.75) is 32.9 Å². The Labute approximate surface area is 140 Å². The third kappa shape index (κ3) is 4.40. The summed E-state index contributed by atoms with van der Waals surface area (Å²) < 4.78 is 0. The Morgan fingerprint density at radius 2 is 1.82 bits per heavy atom. The average molecular weight is 340 g/mol. The smallest absolute Gasteiger partial charge is 0.125 e. The summed E-state index contributed by atoms with van der Waals surface area (Å²) in [5.41, 5.74) is 2.64. The lowest BCUT2D eigenvalue weighted by molar-refractivity contribution is 0.170. The van der Waals surface area contributed by atoms with E-state index < -0.39 is 6.10 Å². The summed E-state index contributed by atoms with van der Waals surface area (Å²) in [6.45, 7) is 6.21. The monoisotopic (exact) mass is 339 g/mol. The fraction of sp³-hybridized carbons (Fsp3) is 0.375. The van der Waals surface area contributed by atoms with Crippen LogP contribution in [0.4, 0.5) is 0 Å². The van der Waals surface area contributed by atoms with Crippen LogP contribution in [0.5, 0.6) is 0 Å². The Hall–Kier alpha value is -1.20. The van der Waals surface area contributed by atoms with Gasteiger partial charge in [0.15, 0.2) is 0 Å². The first-order valence-electron chi connectivity index (χ1n) is 7.04. The Morgan fingerprint density at radius 1 is 1.18 bits per heavy atom. The van der Waals surface area contributed by atoms with E-state index in [1.165, 1.54) is 0 Å². The Balaban J connectivity index is 2.02. The van der Waals surface area contributed by atoms with Crippen molar-refractivity contribution in [3.05, 3.63) is 57.1 Å². The van der Waals surface area contributed by atoms with Gasteiger partial charge in [-0.3, -0.25) is 0 Å². The van der Waals surface area contributed by atoms with Gasteiger partial charge in [-0.1, -0.05) is 23.2 Å². The maximum Gasteiger partial charge on any atom is 0.125 e. The molecular weight excluding hydrogens is 321 g/mol. The number of aryl methyl sites for hydroxylation is 2. The van der Waals surface area contributed by atoms with Crippen LogP contribution in [0.25, 0.3) is 0 Å². The molecule has 2 unspecified atom stereocenters. The van der Waals surface area contributed by atoms with Crippen LogP contribution >= 0.6 is 23.2 Å².